The first kappa shape index (κ1) is 21.9. The lowest BCUT2D eigenvalue weighted by Gasteiger charge is -2.18. The highest BCUT2D eigenvalue weighted by Gasteiger charge is 2.32. The Morgan fingerprint density at radius 2 is 1.80 bits per heavy atom. The summed E-state index contributed by atoms with van der Waals surface area (Å²) in [5.41, 5.74) is 1.98. The fourth-order valence-corrected chi connectivity index (χ4v) is 3.69. The third kappa shape index (κ3) is 5.43. The van der Waals surface area contributed by atoms with E-state index in [0.717, 1.165) is 11.3 Å². The molecule has 0 spiro atoms. The average molecular weight is 427 g/mol. The minimum Gasteiger partial charge on any atom is -0.497 e. The van der Waals surface area contributed by atoms with Crippen molar-refractivity contribution >= 4 is 34.6 Å². The number of rotatable bonds is 8. The number of carbonyl (C=O) groups is 1. The van der Waals surface area contributed by atoms with Gasteiger partial charge in [-0.3, -0.25) is 9.69 Å². The molecule has 0 fully saturated rings. The van der Waals surface area contributed by atoms with E-state index in [1.165, 1.54) is 11.8 Å². The Morgan fingerprint density at radius 3 is 2.47 bits per heavy atom. The number of carbonyl (C=O) groups excluding carboxylic acids is 1. The van der Waals surface area contributed by atoms with E-state index >= 15 is 0 Å². The van der Waals surface area contributed by atoms with E-state index in [0.29, 0.717) is 34.7 Å². The monoisotopic (exact) mass is 426 g/mol. The summed E-state index contributed by atoms with van der Waals surface area (Å²) in [4.78, 5) is 19.5. The highest BCUT2D eigenvalue weighted by Crippen LogP contribution is 2.31. The molecule has 30 heavy (non-hydrogen) atoms. The number of thioether (sulfide) groups is 1. The van der Waals surface area contributed by atoms with Crippen LogP contribution < -0.4 is 14.4 Å². The molecule has 0 N–H and O–H groups in total. The van der Waals surface area contributed by atoms with Gasteiger partial charge in [0.15, 0.2) is 5.17 Å². The normalized spacial score (nSPS) is 15.1. The van der Waals surface area contributed by atoms with E-state index in [-0.39, 0.29) is 12.0 Å². The number of benzene rings is 2. The quantitative estimate of drug-likeness (QED) is 0.456. The van der Waals surface area contributed by atoms with Gasteiger partial charge in [-0.15, -0.1) is 0 Å². The summed E-state index contributed by atoms with van der Waals surface area (Å²) in [6.45, 7) is 4.58. The number of anilines is 1. The fourth-order valence-electron chi connectivity index (χ4n) is 2.85. The molecule has 1 amide bonds. The van der Waals surface area contributed by atoms with Crippen LogP contribution in [0.25, 0.3) is 6.08 Å². The van der Waals surface area contributed by atoms with Gasteiger partial charge >= 0.3 is 0 Å². The Morgan fingerprint density at radius 1 is 1.07 bits per heavy atom. The summed E-state index contributed by atoms with van der Waals surface area (Å²) in [5, 5.41) is 0.625. The van der Waals surface area contributed by atoms with Crippen LogP contribution >= 0.6 is 11.8 Å². The Balaban J connectivity index is 1.88. The summed E-state index contributed by atoms with van der Waals surface area (Å²) in [6, 6.07) is 14.9. The zero-order valence-electron chi connectivity index (χ0n) is 17.6. The molecule has 2 aromatic carbocycles. The van der Waals surface area contributed by atoms with Crippen molar-refractivity contribution in [3.8, 4) is 11.5 Å². The second-order valence-corrected chi connectivity index (χ2v) is 7.87. The Labute approximate surface area is 181 Å². The van der Waals surface area contributed by atoms with Gasteiger partial charge in [0.2, 0.25) is 0 Å². The molecule has 0 aromatic heterocycles. The van der Waals surface area contributed by atoms with Gasteiger partial charge in [0.1, 0.15) is 17.2 Å². The zero-order chi connectivity index (χ0) is 21.5. The molecule has 0 bridgehead atoms. The van der Waals surface area contributed by atoms with Crippen LogP contribution in [0.15, 0.2) is 59.2 Å². The zero-order valence-corrected chi connectivity index (χ0v) is 18.4. The summed E-state index contributed by atoms with van der Waals surface area (Å²) in [5.74, 6) is 1.96. The third-order valence-electron chi connectivity index (χ3n) is 4.33. The van der Waals surface area contributed by atoms with Crippen molar-refractivity contribution in [2.45, 2.75) is 20.0 Å². The molecule has 0 aliphatic carbocycles. The first-order chi connectivity index (χ1) is 14.5. The predicted molar refractivity (Wildman–Crippen MR) is 122 cm³/mol. The van der Waals surface area contributed by atoms with Gasteiger partial charge in [0, 0.05) is 11.8 Å². The minimum atomic E-state index is -0.175. The van der Waals surface area contributed by atoms with Crippen LogP contribution in [0.1, 0.15) is 19.4 Å². The van der Waals surface area contributed by atoms with E-state index in [4.69, 9.17) is 14.2 Å². The van der Waals surface area contributed by atoms with E-state index in [1.807, 2.05) is 62.4 Å². The molecule has 0 radical (unpaired) electrons. The van der Waals surface area contributed by atoms with Crippen LogP contribution in [-0.2, 0) is 9.53 Å². The average Bonchev–Trinajstić information content (AvgIpc) is 3.06. The SMILES string of the molecule is COc1ccc(/C=C2\N=C(SCCOC(C)C)N(c3cccc(OC)c3)C2=O)cc1. The van der Waals surface area contributed by atoms with Gasteiger partial charge in [-0.2, -0.15) is 0 Å². The first-order valence-corrected chi connectivity index (χ1v) is 10.7. The summed E-state index contributed by atoms with van der Waals surface area (Å²) in [6.07, 6.45) is 1.95. The topological polar surface area (TPSA) is 60.4 Å². The molecule has 7 heteroatoms. The molecule has 1 aliphatic rings. The molecular weight excluding hydrogens is 400 g/mol. The van der Waals surface area contributed by atoms with Crippen molar-refractivity contribution in [2.75, 3.05) is 31.5 Å². The smallest absolute Gasteiger partial charge is 0.283 e. The number of aliphatic imine (C=N–C) groups is 1. The van der Waals surface area contributed by atoms with E-state index in [9.17, 15) is 4.79 Å². The molecule has 0 saturated carbocycles. The molecule has 3 rings (SSSR count). The van der Waals surface area contributed by atoms with Crippen molar-refractivity contribution < 1.29 is 19.0 Å². The first-order valence-electron chi connectivity index (χ1n) is 9.69. The lowest BCUT2D eigenvalue weighted by atomic mass is 10.2. The molecular formula is C23H26N2O4S. The largest absolute Gasteiger partial charge is 0.497 e. The molecule has 0 unspecified atom stereocenters. The van der Waals surface area contributed by atoms with Crippen LogP contribution in [-0.4, -0.2) is 43.8 Å². The number of nitrogens with zero attached hydrogens (tertiary/aromatic N) is 2. The van der Waals surface area contributed by atoms with Gasteiger partial charge in [0.05, 0.1) is 32.6 Å². The molecule has 2 aromatic rings. The molecule has 1 aliphatic heterocycles. The maximum atomic E-state index is 13.2. The molecule has 1 heterocycles. The third-order valence-corrected chi connectivity index (χ3v) is 5.23. The van der Waals surface area contributed by atoms with E-state index < -0.39 is 0 Å². The van der Waals surface area contributed by atoms with Gasteiger partial charge < -0.3 is 14.2 Å². The molecule has 6 nitrogen and oxygen atoms in total. The highest BCUT2D eigenvalue weighted by atomic mass is 32.2. The Hall–Kier alpha value is -2.77. The highest BCUT2D eigenvalue weighted by molar-refractivity contribution is 8.14. The summed E-state index contributed by atoms with van der Waals surface area (Å²) >= 11 is 1.49. The van der Waals surface area contributed by atoms with Crippen LogP contribution in [0.5, 0.6) is 11.5 Å². The van der Waals surface area contributed by atoms with Crippen molar-refractivity contribution in [2.24, 2.45) is 4.99 Å². The predicted octanol–water partition coefficient (Wildman–Crippen LogP) is 4.61. The van der Waals surface area contributed by atoms with Gasteiger partial charge in [0.25, 0.3) is 5.91 Å². The van der Waals surface area contributed by atoms with Gasteiger partial charge in [-0.25, -0.2) is 4.99 Å². The van der Waals surface area contributed by atoms with Crippen LogP contribution in [0.2, 0.25) is 0 Å². The number of ether oxygens (including phenoxy) is 3. The number of hydrogen-bond donors (Lipinski definition) is 0. The molecule has 0 atom stereocenters. The van der Waals surface area contributed by atoms with Crippen molar-refractivity contribution in [3.63, 3.8) is 0 Å². The number of amides is 1. The maximum Gasteiger partial charge on any atom is 0.283 e. The minimum absolute atomic E-state index is 0.165. The summed E-state index contributed by atoms with van der Waals surface area (Å²) in [7, 11) is 3.23. The van der Waals surface area contributed by atoms with Crippen molar-refractivity contribution in [3.05, 3.63) is 59.8 Å². The number of hydrogen-bond acceptors (Lipinski definition) is 6. The van der Waals surface area contributed by atoms with Crippen LogP contribution in [0.3, 0.4) is 0 Å². The lowest BCUT2D eigenvalue weighted by Crippen LogP contribution is -2.30. The number of amidine groups is 1. The second kappa shape index (κ2) is 10.3. The molecule has 0 saturated heterocycles. The Kier molecular flexibility index (Phi) is 7.54. The van der Waals surface area contributed by atoms with Gasteiger partial charge in [-0.05, 0) is 49.8 Å². The maximum absolute atomic E-state index is 13.2. The second-order valence-electron chi connectivity index (χ2n) is 6.81. The van der Waals surface area contributed by atoms with Gasteiger partial charge in [-0.1, -0.05) is 30.0 Å². The molecule has 158 valence electrons. The van der Waals surface area contributed by atoms with E-state index in [2.05, 4.69) is 4.99 Å². The fraction of sp³-hybridized carbons (Fsp3) is 0.304. The lowest BCUT2D eigenvalue weighted by molar-refractivity contribution is -0.113. The number of methoxy groups -OCH3 is 2. The Bertz CT molecular complexity index is 938. The van der Waals surface area contributed by atoms with E-state index in [1.54, 1.807) is 25.2 Å². The van der Waals surface area contributed by atoms with Crippen molar-refractivity contribution in [1.82, 2.24) is 0 Å². The standard InChI is InChI=1S/C23H26N2O4S/c1-16(2)29-12-13-30-23-24-21(14-17-8-10-19(27-3)11-9-17)22(26)25(23)18-6-5-7-20(15-18)28-4/h5-11,14-16H,12-13H2,1-4H3/b21-14-. The van der Waals surface area contributed by atoms with Crippen LogP contribution in [0.4, 0.5) is 5.69 Å². The van der Waals surface area contributed by atoms with Crippen molar-refractivity contribution in [1.29, 1.82) is 0 Å². The summed E-state index contributed by atoms with van der Waals surface area (Å²) < 4.78 is 16.1. The van der Waals surface area contributed by atoms with Crippen LogP contribution in [0, 0.1) is 0 Å².